The van der Waals surface area contributed by atoms with Crippen molar-refractivity contribution in [1.82, 2.24) is 9.78 Å². The molecule has 0 bridgehead atoms. The lowest BCUT2D eigenvalue weighted by Crippen LogP contribution is -2.35. The summed E-state index contributed by atoms with van der Waals surface area (Å²) in [6, 6.07) is 0. The number of halogens is 1. The summed E-state index contributed by atoms with van der Waals surface area (Å²) in [6.45, 7) is 5.88. The van der Waals surface area contributed by atoms with Crippen LogP contribution in [0.15, 0.2) is 0 Å². The average molecular weight is 284 g/mol. The van der Waals surface area contributed by atoms with E-state index in [0.29, 0.717) is 0 Å². The van der Waals surface area contributed by atoms with Crippen molar-refractivity contribution in [2.24, 2.45) is 11.1 Å². The van der Waals surface area contributed by atoms with Crippen LogP contribution in [0.3, 0.4) is 0 Å². The van der Waals surface area contributed by atoms with Crippen LogP contribution in [0.2, 0.25) is 5.02 Å². The molecule has 0 spiro atoms. The van der Waals surface area contributed by atoms with Crippen molar-refractivity contribution in [2.75, 3.05) is 6.54 Å². The first-order valence-electron chi connectivity index (χ1n) is 7.60. The second-order valence-corrected chi connectivity index (χ2v) is 6.20. The molecule has 2 N–H and O–H groups in total. The van der Waals surface area contributed by atoms with Gasteiger partial charge in [0.15, 0.2) is 0 Å². The second-order valence-electron chi connectivity index (χ2n) is 5.82. The molecule has 4 heteroatoms. The van der Waals surface area contributed by atoms with Gasteiger partial charge in [0.25, 0.3) is 0 Å². The first kappa shape index (κ1) is 14.9. The van der Waals surface area contributed by atoms with Gasteiger partial charge in [-0.3, -0.25) is 4.68 Å². The van der Waals surface area contributed by atoms with Crippen molar-refractivity contribution in [3.05, 3.63) is 16.4 Å². The van der Waals surface area contributed by atoms with Crippen LogP contribution < -0.4 is 5.73 Å². The number of rotatable bonds is 5. The Bertz CT molecular complexity index is 419. The summed E-state index contributed by atoms with van der Waals surface area (Å²) in [5.74, 6) is 0. The normalized spacial score (nSPS) is 18.7. The fourth-order valence-electron chi connectivity index (χ4n) is 3.30. The van der Waals surface area contributed by atoms with Gasteiger partial charge in [0.05, 0.1) is 16.4 Å². The van der Waals surface area contributed by atoms with Crippen molar-refractivity contribution >= 4 is 11.6 Å². The van der Waals surface area contributed by atoms with Crippen molar-refractivity contribution < 1.29 is 0 Å². The third-order valence-corrected chi connectivity index (χ3v) is 5.02. The van der Waals surface area contributed by atoms with Crippen LogP contribution in [0.25, 0.3) is 0 Å². The molecule has 0 aliphatic heterocycles. The molecule has 1 aliphatic carbocycles. The van der Waals surface area contributed by atoms with E-state index in [2.05, 4.69) is 23.6 Å². The third-order valence-electron chi connectivity index (χ3n) is 4.58. The summed E-state index contributed by atoms with van der Waals surface area (Å²) in [7, 11) is 0. The van der Waals surface area contributed by atoms with Crippen molar-refractivity contribution in [3.63, 3.8) is 0 Å². The SMILES string of the molecule is CCc1nn(CC)c(CC2(CN)CCCCC2)c1Cl. The minimum atomic E-state index is 0.250. The zero-order chi connectivity index (χ0) is 13.9. The molecule has 1 aromatic heterocycles. The fraction of sp³-hybridized carbons (Fsp3) is 0.800. The Morgan fingerprint density at radius 1 is 1.26 bits per heavy atom. The van der Waals surface area contributed by atoms with Crippen LogP contribution in [0.5, 0.6) is 0 Å². The Hall–Kier alpha value is -0.540. The molecule has 1 aliphatic rings. The lowest BCUT2D eigenvalue weighted by atomic mass is 9.71. The first-order valence-corrected chi connectivity index (χ1v) is 7.97. The molecule has 0 radical (unpaired) electrons. The van der Waals surface area contributed by atoms with Gasteiger partial charge < -0.3 is 5.73 Å². The molecule has 1 heterocycles. The van der Waals surface area contributed by atoms with Crippen LogP contribution in [-0.4, -0.2) is 16.3 Å². The highest BCUT2D eigenvalue weighted by atomic mass is 35.5. The van der Waals surface area contributed by atoms with E-state index in [4.69, 9.17) is 17.3 Å². The van der Waals surface area contributed by atoms with Crippen LogP contribution in [0, 0.1) is 5.41 Å². The number of nitrogens with zero attached hydrogens (tertiary/aromatic N) is 2. The summed E-state index contributed by atoms with van der Waals surface area (Å²) < 4.78 is 2.08. The van der Waals surface area contributed by atoms with Gasteiger partial charge in [0.1, 0.15) is 0 Å². The van der Waals surface area contributed by atoms with Gasteiger partial charge in [-0.15, -0.1) is 0 Å². The van der Waals surface area contributed by atoms with Gasteiger partial charge in [-0.25, -0.2) is 0 Å². The smallest absolute Gasteiger partial charge is 0.0850 e. The molecule has 3 nitrogen and oxygen atoms in total. The van der Waals surface area contributed by atoms with Gasteiger partial charge >= 0.3 is 0 Å². The summed E-state index contributed by atoms with van der Waals surface area (Å²) in [5.41, 5.74) is 8.58. The van der Waals surface area contributed by atoms with Gasteiger partial charge in [-0.2, -0.15) is 5.10 Å². The number of aromatic nitrogens is 2. The minimum absolute atomic E-state index is 0.250. The Morgan fingerprint density at radius 2 is 1.95 bits per heavy atom. The standard InChI is InChI=1S/C15H26ClN3/c1-3-12-14(16)13(19(4-2)18-12)10-15(11-17)8-6-5-7-9-15/h3-11,17H2,1-2H3. The van der Waals surface area contributed by atoms with Gasteiger partial charge in [0, 0.05) is 6.54 Å². The molecule has 1 fully saturated rings. The average Bonchev–Trinajstić information content (AvgIpc) is 2.76. The van der Waals surface area contributed by atoms with E-state index in [1.165, 1.54) is 37.8 Å². The van der Waals surface area contributed by atoms with Gasteiger partial charge in [-0.05, 0) is 44.6 Å². The molecule has 1 aromatic rings. The summed E-state index contributed by atoms with van der Waals surface area (Å²) >= 11 is 6.52. The predicted octanol–water partition coefficient (Wildman–Crippen LogP) is 3.57. The topological polar surface area (TPSA) is 43.8 Å². The zero-order valence-electron chi connectivity index (χ0n) is 12.2. The number of hydrogen-bond acceptors (Lipinski definition) is 2. The molecule has 0 saturated heterocycles. The largest absolute Gasteiger partial charge is 0.330 e. The molecule has 0 unspecified atom stereocenters. The van der Waals surface area contributed by atoms with E-state index in [1.54, 1.807) is 0 Å². The maximum absolute atomic E-state index is 6.52. The molecule has 108 valence electrons. The molecule has 0 atom stereocenters. The van der Waals surface area contributed by atoms with E-state index < -0.39 is 0 Å². The Kier molecular flexibility index (Phi) is 4.91. The monoisotopic (exact) mass is 283 g/mol. The maximum atomic E-state index is 6.52. The highest BCUT2D eigenvalue weighted by Crippen LogP contribution is 2.40. The quantitative estimate of drug-likeness (QED) is 0.898. The molecular weight excluding hydrogens is 258 g/mol. The van der Waals surface area contributed by atoms with Gasteiger partial charge in [-0.1, -0.05) is 37.8 Å². The van der Waals surface area contributed by atoms with Crippen molar-refractivity contribution in [1.29, 1.82) is 0 Å². The first-order chi connectivity index (χ1) is 9.15. The van der Waals surface area contributed by atoms with Crippen LogP contribution in [0.4, 0.5) is 0 Å². The number of hydrogen-bond donors (Lipinski definition) is 1. The third kappa shape index (κ3) is 2.97. The molecule has 19 heavy (non-hydrogen) atoms. The summed E-state index contributed by atoms with van der Waals surface area (Å²) in [6.07, 6.45) is 8.30. The van der Waals surface area contributed by atoms with Crippen LogP contribution in [-0.2, 0) is 19.4 Å². The fourth-order valence-corrected chi connectivity index (χ4v) is 3.63. The molecule has 2 rings (SSSR count). The zero-order valence-corrected chi connectivity index (χ0v) is 13.0. The van der Waals surface area contributed by atoms with Gasteiger partial charge in [0.2, 0.25) is 0 Å². The second kappa shape index (κ2) is 6.27. The molecule has 1 saturated carbocycles. The Labute approximate surface area is 121 Å². The lowest BCUT2D eigenvalue weighted by molar-refractivity contribution is 0.193. The van der Waals surface area contributed by atoms with E-state index in [1.807, 2.05) is 0 Å². The Morgan fingerprint density at radius 3 is 2.47 bits per heavy atom. The van der Waals surface area contributed by atoms with E-state index in [9.17, 15) is 0 Å². The van der Waals surface area contributed by atoms with Crippen LogP contribution >= 0.6 is 11.6 Å². The predicted molar refractivity (Wildman–Crippen MR) is 80.6 cm³/mol. The van der Waals surface area contributed by atoms with E-state index >= 15 is 0 Å². The van der Waals surface area contributed by atoms with E-state index in [0.717, 1.165) is 36.6 Å². The summed E-state index contributed by atoms with van der Waals surface area (Å²) in [4.78, 5) is 0. The minimum Gasteiger partial charge on any atom is -0.330 e. The van der Waals surface area contributed by atoms with Crippen molar-refractivity contribution in [3.8, 4) is 0 Å². The maximum Gasteiger partial charge on any atom is 0.0850 e. The number of aryl methyl sites for hydroxylation is 2. The molecule has 0 aromatic carbocycles. The molecular formula is C15H26ClN3. The lowest BCUT2D eigenvalue weighted by Gasteiger charge is -2.36. The summed E-state index contributed by atoms with van der Waals surface area (Å²) in [5, 5.41) is 5.50. The van der Waals surface area contributed by atoms with Crippen molar-refractivity contribution in [2.45, 2.75) is 65.3 Å². The Balaban J connectivity index is 2.28. The van der Waals surface area contributed by atoms with E-state index in [-0.39, 0.29) is 5.41 Å². The highest BCUT2D eigenvalue weighted by Gasteiger charge is 2.33. The number of nitrogens with two attached hydrogens (primary N) is 1. The van der Waals surface area contributed by atoms with Crippen LogP contribution in [0.1, 0.15) is 57.3 Å². The highest BCUT2D eigenvalue weighted by molar-refractivity contribution is 6.31. The molecule has 0 amide bonds.